The van der Waals surface area contributed by atoms with Crippen LogP contribution in [-0.4, -0.2) is 46.5 Å². The number of nitrogens with zero attached hydrogens (tertiary/aromatic N) is 1. The van der Waals surface area contributed by atoms with E-state index >= 15 is 0 Å². The highest BCUT2D eigenvalue weighted by Crippen LogP contribution is 2.26. The zero-order valence-corrected chi connectivity index (χ0v) is 19.7. The molecule has 156 valence electrons. The fraction of sp³-hybridized carbons (Fsp3) is 0.222. The van der Waals surface area contributed by atoms with Gasteiger partial charge >= 0.3 is 0 Å². The quantitative estimate of drug-likeness (QED) is 0.377. The molecule has 2 aromatic carbocycles. The van der Waals surface area contributed by atoms with Crippen LogP contribution in [0.25, 0.3) is 0 Å². The monoisotopic (exact) mass is 510 g/mol. The Morgan fingerprint density at radius 2 is 1.41 bits per heavy atom. The summed E-state index contributed by atoms with van der Waals surface area (Å²) in [4.78, 5) is 1.80. The van der Waals surface area contributed by atoms with Crippen LogP contribution < -0.4 is 16.0 Å². The third kappa shape index (κ3) is 7.94. The van der Waals surface area contributed by atoms with E-state index in [-0.39, 0.29) is 6.61 Å². The van der Waals surface area contributed by atoms with Crippen molar-refractivity contribution in [3.8, 4) is 0 Å². The van der Waals surface area contributed by atoms with Gasteiger partial charge < -0.3 is 26.0 Å². The summed E-state index contributed by atoms with van der Waals surface area (Å²) in [6, 6.07) is 10.2. The fourth-order valence-corrected chi connectivity index (χ4v) is 3.70. The van der Waals surface area contributed by atoms with E-state index < -0.39 is 0 Å². The van der Waals surface area contributed by atoms with Crippen molar-refractivity contribution in [1.29, 1.82) is 0 Å². The summed E-state index contributed by atoms with van der Waals surface area (Å²) in [5.74, 6) is 0. The molecule has 0 aliphatic carbocycles. The number of aliphatic hydroxyl groups excluding tert-OH is 1. The molecule has 0 atom stereocenters. The second kappa shape index (κ2) is 12.0. The number of nitrogens with one attached hydrogen (secondary N) is 3. The SMILES string of the molecule is OCCN(CCNC(=S)Nc1ccc(Cl)cc1Cl)C(=S)Nc1ccc(Cl)cc1Cl. The van der Waals surface area contributed by atoms with Gasteiger partial charge in [0.25, 0.3) is 0 Å². The molecule has 0 saturated carbocycles. The van der Waals surface area contributed by atoms with Gasteiger partial charge in [-0.25, -0.2) is 0 Å². The Labute approximate surface area is 200 Å². The summed E-state index contributed by atoms with van der Waals surface area (Å²) < 4.78 is 0. The highest BCUT2D eigenvalue weighted by Gasteiger charge is 2.12. The van der Waals surface area contributed by atoms with Crippen molar-refractivity contribution >= 4 is 92.4 Å². The van der Waals surface area contributed by atoms with E-state index in [4.69, 9.17) is 70.8 Å². The Kier molecular flexibility index (Phi) is 9.98. The number of anilines is 2. The molecule has 11 heteroatoms. The maximum atomic E-state index is 9.34. The number of benzene rings is 2. The van der Waals surface area contributed by atoms with Crippen LogP contribution >= 0.6 is 70.8 Å². The van der Waals surface area contributed by atoms with Crippen LogP contribution in [0.5, 0.6) is 0 Å². The topological polar surface area (TPSA) is 59.6 Å². The van der Waals surface area contributed by atoms with E-state index in [1.165, 1.54) is 0 Å². The fourth-order valence-electron chi connectivity index (χ4n) is 2.28. The molecular weight excluding hydrogens is 494 g/mol. The van der Waals surface area contributed by atoms with Gasteiger partial charge in [-0.05, 0) is 60.8 Å². The maximum Gasteiger partial charge on any atom is 0.173 e. The molecular formula is C18H18Cl4N4OS2. The van der Waals surface area contributed by atoms with Crippen molar-refractivity contribution in [1.82, 2.24) is 10.2 Å². The largest absolute Gasteiger partial charge is 0.395 e. The van der Waals surface area contributed by atoms with E-state index in [0.29, 0.717) is 61.3 Å². The van der Waals surface area contributed by atoms with E-state index in [0.717, 1.165) is 0 Å². The normalized spacial score (nSPS) is 10.4. The van der Waals surface area contributed by atoms with E-state index in [1.807, 2.05) is 0 Å². The molecule has 0 heterocycles. The Morgan fingerprint density at radius 3 is 1.93 bits per heavy atom. The number of hydrogen-bond donors (Lipinski definition) is 4. The van der Waals surface area contributed by atoms with Crippen molar-refractivity contribution in [2.24, 2.45) is 0 Å². The molecule has 5 nitrogen and oxygen atoms in total. The van der Waals surface area contributed by atoms with Crippen molar-refractivity contribution in [3.05, 3.63) is 56.5 Å². The van der Waals surface area contributed by atoms with Crippen LogP contribution in [0.3, 0.4) is 0 Å². The summed E-state index contributed by atoms with van der Waals surface area (Å²) in [5.41, 5.74) is 1.28. The average molecular weight is 512 g/mol. The van der Waals surface area contributed by atoms with Crippen LogP contribution in [0.15, 0.2) is 36.4 Å². The lowest BCUT2D eigenvalue weighted by Gasteiger charge is -2.26. The summed E-state index contributed by atoms with van der Waals surface area (Å²) in [6.07, 6.45) is 0. The third-order valence-electron chi connectivity index (χ3n) is 3.68. The molecule has 0 aliphatic heterocycles. The first-order valence-corrected chi connectivity index (χ1v) is 10.7. The Balaban J connectivity index is 1.87. The van der Waals surface area contributed by atoms with Gasteiger partial charge in [-0.15, -0.1) is 0 Å². The molecule has 0 amide bonds. The van der Waals surface area contributed by atoms with Gasteiger partial charge in [0.1, 0.15) is 0 Å². The highest BCUT2D eigenvalue weighted by atomic mass is 35.5. The van der Waals surface area contributed by atoms with Gasteiger partial charge in [0.15, 0.2) is 10.2 Å². The Morgan fingerprint density at radius 1 is 0.862 bits per heavy atom. The van der Waals surface area contributed by atoms with E-state index in [1.54, 1.807) is 41.3 Å². The number of rotatable bonds is 7. The first-order valence-electron chi connectivity index (χ1n) is 8.42. The molecule has 2 aromatic rings. The Bertz CT molecular complexity index is 885. The van der Waals surface area contributed by atoms with Gasteiger partial charge in [-0.2, -0.15) is 0 Å². The lowest BCUT2D eigenvalue weighted by Crippen LogP contribution is -2.42. The van der Waals surface area contributed by atoms with Crippen molar-refractivity contribution in [2.75, 3.05) is 36.9 Å². The highest BCUT2D eigenvalue weighted by molar-refractivity contribution is 7.80. The minimum atomic E-state index is -0.0563. The average Bonchev–Trinajstić information content (AvgIpc) is 2.65. The Hall–Kier alpha value is -1.06. The van der Waals surface area contributed by atoms with Crippen LogP contribution in [0, 0.1) is 0 Å². The number of aliphatic hydroxyl groups is 1. The molecule has 0 fully saturated rings. The summed E-state index contributed by atoms with van der Waals surface area (Å²) in [7, 11) is 0. The van der Waals surface area contributed by atoms with Crippen molar-refractivity contribution in [3.63, 3.8) is 0 Å². The van der Waals surface area contributed by atoms with Crippen LogP contribution in [-0.2, 0) is 0 Å². The second-order valence-corrected chi connectivity index (χ2v) is 8.25. The number of hydrogen-bond acceptors (Lipinski definition) is 3. The minimum absolute atomic E-state index is 0.0563. The van der Waals surface area contributed by atoms with Crippen LogP contribution in [0.4, 0.5) is 11.4 Å². The summed E-state index contributed by atoms with van der Waals surface area (Å²) in [6.45, 7) is 1.27. The van der Waals surface area contributed by atoms with E-state index in [9.17, 15) is 5.11 Å². The zero-order chi connectivity index (χ0) is 21.4. The lowest BCUT2D eigenvalue weighted by atomic mass is 10.3. The molecule has 0 radical (unpaired) electrons. The molecule has 0 saturated heterocycles. The van der Waals surface area contributed by atoms with Crippen LogP contribution in [0.2, 0.25) is 20.1 Å². The summed E-state index contributed by atoms with van der Waals surface area (Å²) >= 11 is 34.8. The molecule has 0 bridgehead atoms. The number of halogens is 4. The molecule has 0 unspecified atom stereocenters. The minimum Gasteiger partial charge on any atom is -0.395 e. The molecule has 2 rings (SSSR count). The zero-order valence-electron chi connectivity index (χ0n) is 15.0. The van der Waals surface area contributed by atoms with Crippen molar-refractivity contribution in [2.45, 2.75) is 0 Å². The van der Waals surface area contributed by atoms with Crippen molar-refractivity contribution < 1.29 is 5.11 Å². The predicted molar refractivity (Wildman–Crippen MR) is 132 cm³/mol. The smallest absolute Gasteiger partial charge is 0.173 e. The molecule has 4 N–H and O–H groups in total. The summed E-state index contributed by atoms with van der Waals surface area (Å²) in [5, 5.41) is 21.3. The second-order valence-electron chi connectivity index (χ2n) is 5.77. The van der Waals surface area contributed by atoms with Gasteiger partial charge in [-0.3, -0.25) is 0 Å². The predicted octanol–water partition coefficient (Wildman–Crippen LogP) is 5.28. The standard InChI is InChI=1S/C18H18Cl4N4OS2/c19-11-1-3-15(13(21)9-11)24-17(28)23-5-6-26(7-8-27)18(29)25-16-4-2-12(20)10-14(16)22/h1-4,9-10,27H,5-8H2,(H,25,29)(H2,23,24,28). The first-order chi connectivity index (χ1) is 13.8. The van der Waals surface area contributed by atoms with Gasteiger partial charge in [0.05, 0.1) is 28.0 Å². The van der Waals surface area contributed by atoms with E-state index in [2.05, 4.69) is 16.0 Å². The van der Waals surface area contributed by atoms with Gasteiger partial charge in [0, 0.05) is 29.7 Å². The molecule has 29 heavy (non-hydrogen) atoms. The van der Waals surface area contributed by atoms with Gasteiger partial charge in [0.2, 0.25) is 0 Å². The molecule has 0 aliphatic rings. The number of thiocarbonyl (C=S) groups is 2. The van der Waals surface area contributed by atoms with Gasteiger partial charge in [-0.1, -0.05) is 46.4 Å². The third-order valence-corrected chi connectivity index (χ3v) is 5.38. The molecule has 0 aromatic heterocycles. The van der Waals surface area contributed by atoms with Crippen LogP contribution in [0.1, 0.15) is 0 Å². The first kappa shape index (κ1) is 24.2. The lowest BCUT2D eigenvalue weighted by molar-refractivity contribution is 0.252. The molecule has 0 spiro atoms. The maximum absolute atomic E-state index is 9.34.